The number of hydrogen-bond acceptors (Lipinski definition) is 6. The SMILES string of the molecule is CCN(CC)c1ccc(C2(c3ccc(N(C)C)cc3SC)OC(=O)c3cccnc32)cc1. The lowest BCUT2D eigenvalue weighted by Crippen LogP contribution is -2.31. The van der Waals surface area contributed by atoms with Crippen LogP contribution in [0.25, 0.3) is 0 Å². The summed E-state index contributed by atoms with van der Waals surface area (Å²) in [4.78, 5) is 23.1. The van der Waals surface area contributed by atoms with Crippen LogP contribution in [0.15, 0.2) is 65.7 Å². The number of anilines is 2. The number of hydrogen-bond donors (Lipinski definition) is 0. The van der Waals surface area contributed by atoms with E-state index in [0.717, 1.165) is 40.5 Å². The van der Waals surface area contributed by atoms with E-state index in [-0.39, 0.29) is 5.97 Å². The van der Waals surface area contributed by atoms with Crippen molar-refractivity contribution in [2.45, 2.75) is 24.3 Å². The van der Waals surface area contributed by atoms with E-state index >= 15 is 0 Å². The molecule has 6 heteroatoms. The zero-order valence-electron chi connectivity index (χ0n) is 19.3. The average Bonchev–Trinajstić information content (AvgIpc) is 3.13. The van der Waals surface area contributed by atoms with Crippen LogP contribution in [-0.4, -0.2) is 44.4 Å². The highest BCUT2D eigenvalue weighted by molar-refractivity contribution is 7.98. The summed E-state index contributed by atoms with van der Waals surface area (Å²) in [6, 6.07) is 18.2. The number of aromatic nitrogens is 1. The molecule has 166 valence electrons. The van der Waals surface area contributed by atoms with Crippen LogP contribution in [0.2, 0.25) is 0 Å². The predicted molar refractivity (Wildman–Crippen MR) is 132 cm³/mol. The van der Waals surface area contributed by atoms with Gasteiger partial charge in [-0.3, -0.25) is 4.98 Å². The second-order valence-electron chi connectivity index (χ2n) is 7.97. The quantitative estimate of drug-likeness (QED) is 0.367. The summed E-state index contributed by atoms with van der Waals surface area (Å²) in [6.45, 7) is 6.16. The number of rotatable bonds is 7. The molecular weight excluding hydrogens is 418 g/mol. The molecule has 32 heavy (non-hydrogen) atoms. The molecule has 1 aliphatic heterocycles. The standard InChI is InChI=1S/C26H29N3O2S/c1-6-29(7-2)19-12-10-18(11-13-19)26(24-21(25(30)31-26)9-8-16-27-24)22-15-14-20(28(3)4)17-23(22)32-5/h8-17H,6-7H2,1-5H3. The Bertz CT molecular complexity index is 1130. The number of pyridine rings is 1. The summed E-state index contributed by atoms with van der Waals surface area (Å²) in [5.41, 5.74) is 4.14. The summed E-state index contributed by atoms with van der Waals surface area (Å²) in [7, 11) is 4.04. The van der Waals surface area contributed by atoms with E-state index in [1.54, 1.807) is 30.1 Å². The van der Waals surface area contributed by atoms with Crippen LogP contribution in [0.4, 0.5) is 11.4 Å². The van der Waals surface area contributed by atoms with Gasteiger partial charge in [0.2, 0.25) is 5.60 Å². The Labute approximate surface area is 194 Å². The van der Waals surface area contributed by atoms with Gasteiger partial charge in [-0.05, 0) is 56.5 Å². The third kappa shape index (κ3) is 3.52. The summed E-state index contributed by atoms with van der Waals surface area (Å²) in [5, 5.41) is 0. The summed E-state index contributed by atoms with van der Waals surface area (Å²) in [5.74, 6) is -0.343. The Morgan fingerprint density at radius 2 is 1.69 bits per heavy atom. The molecule has 0 bridgehead atoms. The number of fused-ring (bicyclic) bond motifs is 1. The number of cyclic esters (lactones) is 1. The maximum absolute atomic E-state index is 13.0. The van der Waals surface area contributed by atoms with Crippen LogP contribution in [-0.2, 0) is 10.3 Å². The van der Waals surface area contributed by atoms with Crippen molar-refractivity contribution in [1.29, 1.82) is 0 Å². The number of benzene rings is 2. The van der Waals surface area contributed by atoms with Crippen molar-refractivity contribution < 1.29 is 9.53 Å². The second-order valence-corrected chi connectivity index (χ2v) is 8.82. The van der Waals surface area contributed by atoms with Crippen molar-refractivity contribution in [3.63, 3.8) is 0 Å². The van der Waals surface area contributed by atoms with Crippen LogP contribution in [0.5, 0.6) is 0 Å². The van der Waals surface area contributed by atoms with Gasteiger partial charge in [0, 0.05) is 60.8 Å². The largest absolute Gasteiger partial charge is 0.439 e. The van der Waals surface area contributed by atoms with E-state index < -0.39 is 5.60 Å². The first-order valence-electron chi connectivity index (χ1n) is 10.9. The second kappa shape index (κ2) is 8.87. The van der Waals surface area contributed by atoms with Crippen LogP contribution < -0.4 is 9.80 Å². The smallest absolute Gasteiger partial charge is 0.341 e. The van der Waals surface area contributed by atoms with Crippen LogP contribution in [0, 0.1) is 0 Å². The first kappa shape index (κ1) is 22.2. The van der Waals surface area contributed by atoms with Gasteiger partial charge in [0.15, 0.2) is 0 Å². The van der Waals surface area contributed by atoms with Crippen LogP contribution in [0.3, 0.4) is 0 Å². The molecule has 0 spiro atoms. The Morgan fingerprint density at radius 1 is 1.00 bits per heavy atom. The minimum Gasteiger partial charge on any atom is -0.439 e. The summed E-state index contributed by atoms with van der Waals surface area (Å²) >= 11 is 1.64. The van der Waals surface area contributed by atoms with E-state index in [9.17, 15) is 4.79 Å². The number of carbonyl (C=O) groups is 1. The van der Waals surface area contributed by atoms with Crippen LogP contribution >= 0.6 is 11.8 Å². The molecule has 0 radical (unpaired) electrons. The van der Waals surface area contributed by atoms with Crippen molar-refractivity contribution in [1.82, 2.24) is 4.98 Å². The van der Waals surface area contributed by atoms with Crippen molar-refractivity contribution in [3.8, 4) is 0 Å². The maximum Gasteiger partial charge on any atom is 0.341 e. The lowest BCUT2D eigenvalue weighted by Gasteiger charge is -2.32. The molecule has 1 aromatic heterocycles. The zero-order valence-corrected chi connectivity index (χ0v) is 20.1. The summed E-state index contributed by atoms with van der Waals surface area (Å²) < 4.78 is 6.25. The zero-order chi connectivity index (χ0) is 22.9. The topological polar surface area (TPSA) is 45.7 Å². The van der Waals surface area contributed by atoms with Gasteiger partial charge in [-0.2, -0.15) is 0 Å². The molecule has 3 aromatic rings. The fourth-order valence-corrected chi connectivity index (χ4v) is 5.04. The number of ether oxygens (including phenoxy) is 1. The molecule has 1 unspecified atom stereocenters. The number of thioether (sulfide) groups is 1. The normalized spacial score (nSPS) is 17.1. The number of carbonyl (C=O) groups excluding carboxylic acids is 1. The third-order valence-electron chi connectivity index (χ3n) is 6.09. The third-order valence-corrected chi connectivity index (χ3v) is 6.87. The van der Waals surface area contributed by atoms with Gasteiger partial charge >= 0.3 is 5.97 Å². The van der Waals surface area contributed by atoms with Gasteiger partial charge < -0.3 is 14.5 Å². The molecule has 4 rings (SSSR count). The minimum atomic E-state index is -1.08. The molecule has 0 amide bonds. The molecule has 2 heterocycles. The maximum atomic E-state index is 13.0. The average molecular weight is 448 g/mol. The van der Waals surface area contributed by atoms with E-state index in [1.807, 2.05) is 20.4 Å². The molecular formula is C26H29N3O2S. The number of esters is 1. The van der Waals surface area contributed by atoms with Gasteiger partial charge in [0.25, 0.3) is 0 Å². The number of nitrogens with zero attached hydrogens (tertiary/aromatic N) is 3. The van der Waals surface area contributed by atoms with E-state index in [4.69, 9.17) is 4.74 Å². The molecule has 0 aliphatic carbocycles. The van der Waals surface area contributed by atoms with E-state index in [1.165, 1.54) is 0 Å². The Morgan fingerprint density at radius 3 is 2.31 bits per heavy atom. The summed E-state index contributed by atoms with van der Waals surface area (Å²) in [6.07, 6.45) is 3.78. The molecule has 5 nitrogen and oxygen atoms in total. The van der Waals surface area contributed by atoms with Crippen molar-refractivity contribution in [3.05, 3.63) is 83.2 Å². The van der Waals surface area contributed by atoms with Crippen molar-refractivity contribution in [2.24, 2.45) is 0 Å². The lowest BCUT2D eigenvalue weighted by molar-refractivity contribution is 0.0235. The van der Waals surface area contributed by atoms with Crippen molar-refractivity contribution in [2.75, 3.05) is 43.2 Å². The molecule has 0 N–H and O–H groups in total. The molecule has 0 fully saturated rings. The minimum absolute atomic E-state index is 0.343. The predicted octanol–water partition coefficient (Wildman–Crippen LogP) is 5.18. The molecule has 1 atom stereocenters. The lowest BCUT2D eigenvalue weighted by atomic mass is 9.82. The first-order valence-corrected chi connectivity index (χ1v) is 12.1. The van der Waals surface area contributed by atoms with E-state index in [0.29, 0.717) is 11.3 Å². The van der Waals surface area contributed by atoms with Gasteiger partial charge in [-0.25, -0.2) is 4.79 Å². The fraction of sp³-hybridized carbons (Fsp3) is 0.308. The van der Waals surface area contributed by atoms with Gasteiger partial charge in [0.05, 0.1) is 5.56 Å². The van der Waals surface area contributed by atoms with Gasteiger partial charge in [-0.1, -0.05) is 18.2 Å². The van der Waals surface area contributed by atoms with E-state index in [2.05, 4.69) is 71.1 Å². The Hall–Kier alpha value is -2.99. The highest BCUT2D eigenvalue weighted by Gasteiger charge is 2.51. The Kier molecular flexibility index (Phi) is 6.15. The fourth-order valence-electron chi connectivity index (χ4n) is 4.37. The molecule has 1 aliphatic rings. The molecule has 0 saturated heterocycles. The van der Waals surface area contributed by atoms with Crippen LogP contribution in [0.1, 0.15) is 41.0 Å². The van der Waals surface area contributed by atoms with Gasteiger partial charge in [0.1, 0.15) is 5.69 Å². The van der Waals surface area contributed by atoms with Gasteiger partial charge in [-0.15, -0.1) is 11.8 Å². The highest BCUT2D eigenvalue weighted by atomic mass is 32.2. The Balaban J connectivity index is 1.96. The first-order chi connectivity index (χ1) is 15.5. The molecule has 0 saturated carbocycles. The highest BCUT2D eigenvalue weighted by Crippen LogP contribution is 2.49. The van der Waals surface area contributed by atoms with Crippen molar-refractivity contribution >= 4 is 29.1 Å². The monoisotopic (exact) mass is 447 g/mol. The molecule has 2 aromatic carbocycles.